The Morgan fingerprint density at radius 2 is 2.00 bits per heavy atom. The highest BCUT2D eigenvalue weighted by Gasteiger charge is 2.12. The first-order valence-corrected chi connectivity index (χ1v) is 7.95. The lowest BCUT2D eigenvalue weighted by molar-refractivity contribution is -0.107. The van der Waals surface area contributed by atoms with E-state index >= 15 is 0 Å². The Kier molecular flexibility index (Phi) is 5.24. The topological polar surface area (TPSA) is 46.5 Å². The van der Waals surface area contributed by atoms with Crippen LogP contribution >= 0.6 is 15.9 Å². The van der Waals surface area contributed by atoms with Crippen molar-refractivity contribution in [3.63, 3.8) is 0 Å². The molecule has 0 spiro atoms. The summed E-state index contributed by atoms with van der Waals surface area (Å²) >= 11 is 3.50. The number of rotatable bonds is 5. The molecule has 0 fully saturated rings. The van der Waals surface area contributed by atoms with Crippen LogP contribution in [0.15, 0.2) is 34.8 Å². The van der Waals surface area contributed by atoms with Crippen molar-refractivity contribution in [2.75, 3.05) is 0 Å². The normalized spacial score (nSPS) is 10.8. The Balaban J connectivity index is 2.35. The fourth-order valence-electron chi connectivity index (χ4n) is 2.32. The number of phenols is 1. The number of benzene rings is 2. The van der Waals surface area contributed by atoms with Gasteiger partial charge < -0.3 is 14.6 Å². The predicted molar refractivity (Wildman–Crippen MR) is 90.9 cm³/mol. The molecule has 2 aromatic rings. The van der Waals surface area contributed by atoms with Crippen LogP contribution in [0.25, 0.3) is 0 Å². The summed E-state index contributed by atoms with van der Waals surface area (Å²) in [5.41, 5.74) is 2.74. The van der Waals surface area contributed by atoms with Gasteiger partial charge in [-0.25, -0.2) is 0 Å². The molecule has 0 unspecified atom stereocenters. The molecule has 0 aromatic heterocycles. The van der Waals surface area contributed by atoms with E-state index in [0.717, 1.165) is 33.2 Å². The van der Waals surface area contributed by atoms with Crippen LogP contribution in [0.2, 0.25) is 0 Å². The lowest BCUT2D eigenvalue weighted by Crippen LogP contribution is -1.95. The molecule has 0 aliphatic carbocycles. The van der Waals surface area contributed by atoms with Crippen LogP contribution in [-0.4, -0.2) is 11.4 Å². The third kappa shape index (κ3) is 3.69. The van der Waals surface area contributed by atoms with Crippen molar-refractivity contribution in [1.82, 2.24) is 0 Å². The van der Waals surface area contributed by atoms with Crippen molar-refractivity contribution in [3.8, 4) is 17.2 Å². The van der Waals surface area contributed by atoms with E-state index in [0.29, 0.717) is 12.2 Å². The van der Waals surface area contributed by atoms with Gasteiger partial charge in [0.2, 0.25) is 0 Å². The van der Waals surface area contributed by atoms with Gasteiger partial charge in [0.1, 0.15) is 23.5 Å². The summed E-state index contributed by atoms with van der Waals surface area (Å²) < 4.78 is 6.78. The van der Waals surface area contributed by atoms with E-state index in [4.69, 9.17) is 4.74 Å². The summed E-state index contributed by atoms with van der Waals surface area (Å²) in [4.78, 5) is 10.6. The van der Waals surface area contributed by atoms with E-state index < -0.39 is 0 Å². The maximum absolute atomic E-state index is 10.6. The third-order valence-corrected chi connectivity index (χ3v) is 4.04. The zero-order valence-electron chi connectivity index (χ0n) is 12.9. The highest BCUT2D eigenvalue weighted by Crippen LogP contribution is 2.36. The Hall–Kier alpha value is -1.81. The van der Waals surface area contributed by atoms with Crippen LogP contribution < -0.4 is 4.74 Å². The number of phenolic OH excluding ortho intramolecular Hbond substituents is 1. The number of carbonyl (C=O) groups is 1. The molecule has 0 heterocycles. The summed E-state index contributed by atoms with van der Waals surface area (Å²) in [6.07, 6.45) is 1.27. The molecule has 0 bridgehead atoms. The summed E-state index contributed by atoms with van der Waals surface area (Å²) in [5.74, 6) is 1.88. The molecular weight excluding hydrogens is 344 g/mol. The van der Waals surface area contributed by atoms with Gasteiger partial charge in [-0.1, -0.05) is 19.9 Å². The van der Waals surface area contributed by atoms with Gasteiger partial charge in [-0.05, 0) is 64.2 Å². The summed E-state index contributed by atoms with van der Waals surface area (Å²) in [6, 6.07) is 9.07. The number of ether oxygens (including phenoxy) is 1. The van der Waals surface area contributed by atoms with Crippen LogP contribution in [0, 0.1) is 6.92 Å². The fraction of sp³-hybridized carbons (Fsp3) is 0.278. The van der Waals surface area contributed by atoms with Crippen LogP contribution in [0.4, 0.5) is 0 Å². The van der Waals surface area contributed by atoms with E-state index in [2.05, 4.69) is 15.9 Å². The highest BCUT2D eigenvalue weighted by atomic mass is 79.9. The van der Waals surface area contributed by atoms with Gasteiger partial charge in [-0.3, -0.25) is 0 Å². The molecule has 4 heteroatoms. The van der Waals surface area contributed by atoms with Crippen LogP contribution in [0.3, 0.4) is 0 Å². The van der Waals surface area contributed by atoms with Crippen molar-refractivity contribution in [1.29, 1.82) is 0 Å². The largest absolute Gasteiger partial charge is 0.508 e. The molecule has 0 saturated heterocycles. The lowest BCUT2D eigenvalue weighted by Gasteiger charge is -2.15. The van der Waals surface area contributed by atoms with E-state index in [9.17, 15) is 9.90 Å². The van der Waals surface area contributed by atoms with Gasteiger partial charge >= 0.3 is 0 Å². The van der Waals surface area contributed by atoms with Crippen molar-refractivity contribution in [2.45, 2.75) is 33.1 Å². The highest BCUT2D eigenvalue weighted by molar-refractivity contribution is 9.10. The lowest BCUT2D eigenvalue weighted by atomic mass is 10.0. The average Bonchev–Trinajstić information content (AvgIpc) is 2.44. The van der Waals surface area contributed by atoms with Gasteiger partial charge in [0.25, 0.3) is 0 Å². The molecule has 3 nitrogen and oxygen atoms in total. The van der Waals surface area contributed by atoms with E-state index in [1.54, 1.807) is 12.1 Å². The fourth-order valence-corrected chi connectivity index (χ4v) is 3.01. The van der Waals surface area contributed by atoms with Crippen LogP contribution in [0.1, 0.15) is 36.5 Å². The summed E-state index contributed by atoms with van der Waals surface area (Å²) in [6.45, 7) is 5.99. The first-order valence-electron chi connectivity index (χ1n) is 7.15. The van der Waals surface area contributed by atoms with Gasteiger partial charge in [0.15, 0.2) is 0 Å². The molecule has 2 rings (SSSR count). The quantitative estimate of drug-likeness (QED) is 0.750. The standard InChI is InChI=1S/C18H19BrO3/c1-11(2)15-10-14(4-5-17(15)21)22-18-12(3)8-13(6-7-20)9-16(18)19/h4-5,7-11,21H,6H2,1-3H3. The first kappa shape index (κ1) is 16.6. The molecule has 0 radical (unpaired) electrons. The Morgan fingerprint density at radius 3 is 2.59 bits per heavy atom. The minimum absolute atomic E-state index is 0.211. The molecule has 2 aromatic carbocycles. The number of aromatic hydroxyl groups is 1. The minimum Gasteiger partial charge on any atom is -0.508 e. The number of aryl methyl sites for hydroxylation is 1. The van der Waals surface area contributed by atoms with Gasteiger partial charge in [-0.15, -0.1) is 0 Å². The predicted octanol–water partition coefficient (Wildman–Crippen LogP) is 5.12. The maximum Gasteiger partial charge on any atom is 0.144 e. The Bertz CT molecular complexity index is 670. The van der Waals surface area contributed by atoms with Crippen LogP contribution in [-0.2, 0) is 11.2 Å². The van der Waals surface area contributed by atoms with Crippen LogP contribution in [0.5, 0.6) is 17.2 Å². The third-order valence-electron chi connectivity index (χ3n) is 3.45. The summed E-state index contributed by atoms with van der Waals surface area (Å²) in [5, 5.41) is 9.88. The molecule has 0 aliphatic rings. The minimum atomic E-state index is 0.211. The number of hydrogen-bond acceptors (Lipinski definition) is 3. The van der Waals surface area contributed by atoms with Gasteiger partial charge in [0, 0.05) is 12.0 Å². The number of halogens is 1. The van der Waals surface area contributed by atoms with Crippen molar-refractivity contribution >= 4 is 22.2 Å². The van der Waals surface area contributed by atoms with Crippen molar-refractivity contribution in [3.05, 3.63) is 51.5 Å². The average molecular weight is 363 g/mol. The first-order chi connectivity index (χ1) is 10.4. The monoisotopic (exact) mass is 362 g/mol. The molecule has 0 aliphatic heterocycles. The van der Waals surface area contributed by atoms with Crippen molar-refractivity contribution in [2.24, 2.45) is 0 Å². The molecule has 0 atom stereocenters. The van der Waals surface area contributed by atoms with E-state index in [1.165, 1.54) is 0 Å². The number of hydrogen-bond donors (Lipinski definition) is 1. The molecule has 0 saturated carbocycles. The van der Waals surface area contributed by atoms with Gasteiger partial charge in [0.05, 0.1) is 4.47 Å². The Labute approximate surface area is 139 Å². The number of carbonyl (C=O) groups excluding carboxylic acids is 1. The second-order valence-corrected chi connectivity index (χ2v) is 6.43. The zero-order valence-corrected chi connectivity index (χ0v) is 14.5. The molecule has 1 N–H and O–H groups in total. The zero-order chi connectivity index (χ0) is 16.3. The Morgan fingerprint density at radius 1 is 1.27 bits per heavy atom. The van der Waals surface area contributed by atoms with Crippen molar-refractivity contribution < 1.29 is 14.6 Å². The van der Waals surface area contributed by atoms with E-state index in [-0.39, 0.29) is 11.7 Å². The van der Waals surface area contributed by atoms with E-state index in [1.807, 2.05) is 39.0 Å². The SMILES string of the molecule is Cc1cc(CC=O)cc(Br)c1Oc1ccc(O)c(C(C)C)c1. The molecule has 22 heavy (non-hydrogen) atoms. The number of aldehydes is 1. The van der Waals surface area contributed by atoms with Gasteiger partial charge in [-0.2, -0.15) is 0 Å². The molecule has 116 valence electrons. The second-order valence-electron chi connectivity index (χ2n) is 5.57. The maximum atomic E-state index is 10.6. The summed E-state index contributed by atoms with van der Waals surface area (Å²) in [7, 11) is 0. The molecular formula is C18H19BrO3. The molecule has 0 amide bonds. The second kappa shape index (κ2) is 6.97. The smallest absolute Gasteiger partial charge is 0.144 e.